The van der Waals surface area contributed by atoms with Crippen LogP contribution in [0.15, 0.2) is 29.2 Å². The molecule has 0 aliphatic carbocycles. The summed E-state index contributed by atoms with van der Waals surface area (Å²) < 4.78 is 24.6. The van der Waals surface area contributed by atoms with Gasteiger partial charge >= 0.3 is 5.97 Å². The van der Waals surface area contributed by atoms with Crippen LogP contribution in [-0.2, 0) is 14.6 Å². The first-order valence-electron chi connectivity index (χ1n) is 6.04. The van der Waals surface area contributed by atoms with Gasteiger partial charge in [-0.2, -0.15) is 0 Å². The summed E-state index contributed by atoms with van der Waals surface area (Å²) in [4.78, 5) is 22.5. The van der Waals surface area contributed by atoms with E-state index in [9.17, 15) is 18.0 Å². The van der Waals surface area contributed by atoms with E-state index in [2.05, 4.69) is 5.32 Å². The third-order valence-corrected chi connectivity index (χ3v) is 4.73. The van der Waals surface area contributed by atoms with Gasteiger partial charge in [0, 0.05) is 6.04 Å². The Morgan fingerprint density at radius 1 is 1.20 bits per heavy atom. The largest absolute Gasteiger partial charge is 0.478 e. The standard InChI is InChI=1S/C13H17NO5S/c1-8(2)14-12(15)9(3)20(18,19)11-6-4-5-10(7-11)13(16)17/h4-9H,1-3H3,(H,14,15)(H,16,17). The molecule has 0 aliphatic rings. The van der Waals surface area contributed by atoms with Gasteiger partial charge in [-0.3, -0.25) is 4.79 Å². The third-order valence-electron chi connectivity index (χ3n) is 2.68. The van der Waals surface area contributed by atoms with E-state index in [0.717, 1.165) is 6.07 Å². The first-order valence-corrected chi connectivity index (χ1v) is 7.58. The molecule has 0 radical (unpaired) electrons. The van der Waals surface area contributed by atoms with E-state index >= 15 is 0 Å². The van der Waals surface area contributed by atoms with Gasteiger partial charge in [0.05, 0.1) is 10.5 Å². The zero-order valence-corrected chi connectivity index (χ0v) is 12.3. The number of carboxylic acid groups (broad SMARTS) is 1. The van der Waals surface area contributed by atoms with E-state index in [-0.39, 0.29) is 16.5 Å². The van der Waals surface area contributed by atoms with Gasteiger partial charge in [0.2, 0.25) is 5.91 Å². The Morgan fingerprint density at radius 3 is 2.30 bits per heavy atom. The van der Waals surface area contributed by atoms with Gasteiger partial charge in [-0.1, -0.05) is 6.07 Å². The van der Waals surface area contributed by atoms with Crippen molar-refractivity contribution in [2.75, 3.05) is 0 Å². The van der Waals surface area contributed by atoms with Crippen LogP contribution >= 0.6 is 0 Å². The molecule has 2 N–H and O–H groups in total. The lowest BCUT2D eigenvalue weighted by Crippen LogP contribution is -2.41. The molecule has 1 rings (SSSR count). The van der Waals surface area contributed by atoms with Crippen molar-refractivity contribution in [3.8, 4) is 0 Å². The highest BCUT2D eigenvalue weighted by Crippen LogP contribution is 2.18. The Labute approximate surface area is 117 Å². The molecule has 0 saturated carbocycles. The van der Waals surface area contributed by atoms with Crippen LogP contribution in [0.1, 0.15) is 31.1 Å². The summed E-state index contributed by atoms with van der Waals surface area (Å²) in [7, 11) is -3.92. The zero-order chi connectivity index (χ0) is 15.5. The minimum atomic E-state index is -3.92. The predicted octanol–water partition coefficient (Wildman–Crippen LogP) is 1.07. The molecule has 20 heavy (non-hydrogen) atoms. The number of aromatic carboxylic acids is 1. The van der Waals surface area contributed by atoms with Gasteiger partial charge in [-0.15, -0.1) is 0 Å². The SMILES string of the molecule is CC(C)NC(=O)C(C)S(=O)(=O)c1cccc(C(=O)O)c1. The first kappa shape index (κ1) is 16.2. The van der Waals surface area contributed by atoms with E-state index < -0.39 is 27.0 Å². The summed E-state index contributed by atoms with van der Waals surface area (Å²) in [6.07, 6.45) is 0. The summed E-state index contributed by atoms with van der Waals surface area (Å²) in [5, 5.41) is 10.1. The van der Waals surface area contributed by atoms with Gasteiger partial charge in [0.15, 0.2) is 9.84 Å². The van der Waals surface area contributed by atoms with Crippen molar-refractivity contribution in [3.63, 3.8) is 0 Å². The highest BCUT2D eigenvalue weighted by atomic mass is 32.2. The van der Waals surface area contributed by atoms with Crippen molar-refractivity contribution in [2.45, 2.75) is 37.0 Å². The molecule has 0 aliphatic heterocycles. The Hall–Kier alpha value is -1.89. The van der Waals surface area contributed by atoms with Crippen LogP contribution in [0.25, 0.3) is 0 Å². The van der Waals surface area contributed by atoms with Crippen molar-refractivity contribution in [1.29, 1.82) is 0 Å². The molecular weight excluding hydrogens is 282 g/mol. The van der Waals surface area contributed by atoms with Gasteiger partial charge < -0.3 is 10.4 Å². The summed E-state index contributed by atoms with van der Waals surface area (Å²) in [5.74, 6) is -1.83. The number of benzene rings is 1. The smallest absolute Gasteiger partial charge is 0.335 e. The number of carbonyl (C=O) groups excluding carboxylic acids is 1. The second kappa shape index (κ2) is 6.04. The maximum absolute atomic E-state index is 12.3. The van der Waals surface area contributed by atoms with Crippen LogP contribution in [0.2, 0.25) is 0 Å². The van der Waals surface area contributed by atoms with Crippen LogP contribution in [0.3, 0.4) is 0 Å². The number of carbonyl (C=O) groups is 2. The maximum Gasteiger partial charge on any atom is 0.335 e. The molecule has 0 fully saturated rings. The molecule has 1 aromatic rings. The van der Waals surface area contributed by atoms with E-state index in [1.54, 1.807) is 13.8 Å². The van der Waals surface area contributed by atoms with Gasteiger partial charge in [-0.25, -0.2) is 13.2 Å². The summed E-state index contributed by atoms with van der Waals surface area (Å²) >= 11 is 0. The zero-order valence-electron chi connectivity index (χ0n) is 11.5. The predicted molar refractivity (Wildman–Crippen MR) is 73.3 cm³/mol. The first-order chi connectivity index (χ1) is 9.16. The molecule has 110 valence electrons. The fourth-order valence-corrected chi connectivity index (χ4v) is 2.87. The van der Waals surface area contributed by atoms with Crippen LogP contribution in [0.4, 0.5) is 0 Å². The molecular formula is C13H17NO5S. The van der Waals surface area contributed by atoms with Crippen molar-refractivity contribution in [3.05, 3.63) is 29.8 Å². The molecule has 0 bridgehead atoms. The van der Waals surface area contributed by atoms with Crippen LogP contribution < -0.4 is 5.32 Å². The van der Waals surface area contributed by atoms with E-state index in [1.165, 1.54) is 25.1 Å². The lowest BCUT2D eigenvalue weighted by Gasteiger charge is -2.15. The van der Waals surface area contributed by atoms with Crippen molar-refractivity contribution in [2.24, 2.45) is 0 Å². The number of hydrogen-bond donors (Lipinski definition) is 2. The molecule has 0 heterocycles. The number of amides is 1. The molecule has 0 aromatic heterocycles. The van der Waals surface area contributed by atoms with Crippen LogP contribution in [0, 0.1) is 0 Å². The Morgan fingerprint density at radius 2 is 1.80 bits per heavy atom. The molecule has 6 nitrogen and oxygen atoms in total. The molecule has 0 spiro atoms. The third kappa shape index (κ3) is 3.57. The fourth-order valence-electron chi connectivity index (χ4n) is 1.55. The lowest BCUT2D eigenvalue weighted by atomic mass is 10.2. The highest BCUT2D eigenvalue weighted by molar-refractivity contribution is 7.92. The highest BCUT2D eigenvalue weighted by Gasteiger charge is 2.30. The molecule has 1 amide bonds. The molecule has 0 saturated heterocycles. The molecule has 1 aromatic carbocycles. The number of nitrogens with one attached hydrogen (secondary N) is 1. The second-order valence-corrected chi connectivity index (χ2v) is 6.95. The number of sulfone groups is 1. The average molecular weight is 299 g/mol. The summed E-state index contributed by atoms with van der Waals surface area (Å²) in [5.41, 5.74) is -0.137. The topological polar surface area (TPSA) is 101 Å². The van der Waals surface area contributed by atoms with E-state index in [4.69, 9.17) is 5.11 Å². The lowest BCUT2D eigenvalue weighted by molar-refractivity contribution is -0.120. The second-order valence-electron chi connectivity index (χ2n) is 4.68. The van der Waals surface area contributed by atoms with Gasteiger partial charge in [-0.05, 0) is 39.0 Å². The van der Waals surface area contributed by atoms with Gasteiger partial charge in [0.1, 0.15) is 5.25 Å². The number of hydrogen-bond acceptors (Lipinski definition) is 4. The number of rotatable bonds is 5. The molecule has 7 heteroatoms. The Balaban J connectivity index is 3.13. The summed E-state index contributed by atoms with van der Waals surface area (Å²) in [6.45, 7) is 4.73. The fraction of sp³-hybridized carbons (Fsp3) is 0.385. The minimum Gasteiger partial charge on any atom is -0.478 e. The average Bonchev–Trinajstić information content (AvgIpc) is 2.37. The molecule has 1 atom stereocenters. The van der Waals surface area contributed by atoms with Crippen LogP contribution in [-0.4, -0.2) is 36.7 Å². The van der Waals surface area contributed by atoms with Crippen molar-refractivity contribution < 1.29 is 23.1 Å². The maximum atomic E-state index is 12.3. The quantitative estimate of drug-likeness (QED) is 0.847. The van der Waals surface area contributed by atoms with E-state index in [1.807, 2.05) is 0 Å². The van der Waals surface area contributed by atoms with Crippen LogP contribution in [0.5, 0.6) is 0 Å². The van der Waals surface area contributed by atoms with Crippen molar-refractivity contribution >= 4 is 21.7 Å². The summed E-state index contributed by atoms with van der Waals surface area (Å²) in [6, 6.07) is 4.78. The Bertz CT molecular complexity index is 621. The normalized spacial score (nSPS) is 13.0. The monoisotopic (exact) mass is 299 g/mol. The Kier molecular flexibility index (Phi) is 4.88. The van der Waals surface area contributed by atoms with E-state index in [0.29, 0.717) is 0 Å². The van der Waals surface area contributed by atoms with Crippen molar-refractivity contribution in [1.82, 2.24) is 5.32 Å². The van der Waals surface area contributed by atoms with Gasteiger partial charge in [0.25, 0.3) is 0 Å². The molecule has 1 unspecified atom stereocenters. The number of carboxylic acids is 1. The minimum absolute atomic E-state index is 0.137.